The van der Waals surface area contributed by atoms with Crippen LogP contribution in [0.2, 0.25) is 0 Å². The lowest BCUT2D eigenvalue weighted by molar-refractivity contribution is -0.159. The molecule has 170 valence electrons. The van der Waals surface area contributed by atoms with Gasteiger partial charge in [0.25, 0.3) is 0 Å². The van der Waals surface area contributed by atoms with E-state index < -0.39 is 17.7 Å². The van der Waals surface area contributed by atoms with Gasteiger partial charge in [-0.25, -0.2) is 9.59 Å². The summed E-state index contributed by atoms with van der Waals surface area (Å²) in [6, 6.07) is 17.3. The zero-order chi connectivity index (χ0) is 22.6. The number of aliphatic carboxylic acids is 2. The smallest absolute Gasteiger partial charge is 0.414 e. The monoisotopic (exact) mass is 439 g/mol. The van der Waals surface area contributed by atoms with Gasteiger partial charge in [-0.15, -0.1) is 0 Å². The summed E-state index contributed by atoms with van der Waals surface area (Å²) in [4.78, 5) is 20.7. The standard InChI is InChI=1S/C23H27NO2.C2H2O4/c1-6-14-24(15-7-1)16-20-17-25-23(26-20)21-10-4-2-8-18(21)12-13-19-9-3-5-11-22(19)23;3-1(4)2(5)6/h2-5,8-11,20H,1,6-7,12-17H2;(H,3,4)(H,5,6). The molecule has 7 heteroatoms. The van der Waals surface area contributed by atoms with Gasteiger partial charge in [-0.3, -0.25) is 0 Å². The van der Waals surface area contributed by atoms with Crippen LogP contribution in [-0.4, -0.2) is 59.4 Å². The van der Waals surface area contributed by atoms with Gasteiger partial charge in [-0.1, -0.05) is 55.0 Å². The molecule has 5 rings (SSSR count). The first-order valence-corrected chi connectivity index (χ1v) is 11.2. The number of ether oxygens (including phenoxy) is 2. The molecule has 0 amide bonds. The molecule has 2 heterocycles. The molecule has 0 bridgehead atoms. The molecule has 1 unspecified atom stereocenters. The van der Waals surface area contributed by atoms with Gasteiger partial charge in [0.1, 0.15) is 0 Å². The van der Waals surface area contributed by atoms with Crippen molar-refractivity contribution in [3.63, 3.8) is 0 Å². The molecule has 2 aliphatic heterocycles. The second-order valence-corrected chi connectivity index (χ2v) is 8.45. The summed E-state index contributed by atoms with van der Waals surface area (Å²) < 4.78 is 13.3. The number of aryl methyl sites for hydroxylation is 2. The highest BCUT2D eigenvalue weighted by Crippen LogP contribution is 2.45. The van der Waals surface area contributed by atoms with Crippen LogP contribution >= 0.6 is 0 Å². The van der Waals surface area contributed by atoms with Crippen LogP contribution in [0.15, 0.2) is 48.5 Å². The topological polar surface area (TPSA) is 96.3 Å². The predicted molar refractivity (Wildman–Crippen MR) is 117 cm³/mol. The van der Waals surface area contributed by atoms with Gasteiger partial charge in [0.15, 0.2) is 0 Å². The Kier molecular flexibility index (Phi) is 6.89. The quantitative estimate of drug-likeness (QED) is 0.695. The molecule has 2 N–H and O–H groups in total. The van der Waals surface area contributed by atoms with E-state index >= 15 is 0 Å². The molecule has 2 fully saturated rings. The Morgan fingerprint density at radius 2 is 1.41 bits per heavy atom. The van der Waals surface area contributed by atoms with Gasteiger partial charge in [0.05, 0.1) is 12.7 Å². The molecule has 2 saturated heterocycles. The normalized spacial score (nSPS) is 21.6. The zero-order valence-corrected chi connectivity index (χ0v) is 18.0. The first-order chi connectivity index (χ1) is 15.5. The van der Waals surface area contributed by atoms with Crippen LogP contribution in [0.1, 0.15) is 41.5 Å². The fourth-order valence-corrected chi connectivity index (χ4v) is 4.85. The van der Waals surface area contributed by atoms with Crippen LogP contribution in [0.4, 0.5) is 0 Å². The Morgan fingerprint density at radius 1 is 0.875 bits per heavy atom. The van der Waals surface area contributed by atoms with E-state index in [0.29, 0.717) is 6.61 Å². The van der Waals surface area contributed by atoms with E-state index in [0.717, 1.165) is 19.4 Å². The van der Waals surface area contributed by atoms with Crippen LogP contribution in [0.5, 0.6) is 0 Å². The summed E-state index contributed by atoms with van der Waals surface area (Å²) in [5.41, 5.74) is 5.10. The van der Waals surface area contributed by atoms with Gasteiger partial charge in [-0.2, -0.15) is 0 Å². The fraction of sp³-hybridized carbons (Fsp3) is 0.440. The highest BCUT2D eigenvalue weighted by atomic mass is 16.7. The minimum absolute atomic E-state index is 0.132. The number of likely N-dealkylation sites (tertiary alicyclic amines) is 1. The Bertz CT molecular complexity index is 909. The molecule has 3 aliphatic rings. The molecule has 1 atom stereocenters. The first kappa shape index (κ1) is 22.5. The summed E-state index contributed by atoms with van der Waals surface area (Å²) in [5, 5.41) is 14.8. The van der Waals surface area contributed by atoms with Crippen molar-refractivity contribution in [3.05, 3.63) is 70.8 Å². The van der Waals surface area contributed by atoms with Gasteiger partial charge >= 0.3 is 11.9 Å². The molecule has 0 saturated carbocycles. The predicted octanol–water partition coefficient (Wildman–Crippen LogP) is 3.04. The first-order valence-electron chi connectivity index (χ1n) is 11.2. The van der Waals surface area contributed by atoms with Crippen molar-refractivity contribution in [3.8, 4) is 0 Å². The number of fused-ring (bicyclic) bond motifs is 4. The van der Waals surface area contributed by atoms with E-state index in [4.69, 9.17) is 29.3 Å². The number of carbonyl (C=O) groups is 2. The minimum atomic E-state index is -1.82. The Hall–Kier alpha value is -2.74. The summed E-state index contributed by atoms with van der Waals surface area (Å²) in [6.45, 7) is 4.03. The molecular formula is C25H29NO6. The maximum absolute atomic E-state index is 9.10. The van der Waals surface area contributed by atoms with E-state index in [2.05, 4.69) is 53.4 Å². The minimum Gasteiger partial charge on any atom is -0.473 e. The summed E-state index contributed by atoms with van der Waals surface area (Å²) in [6.07, 6.45) is 6.20. The average molecular weight is 440 g/mol. The largest absolute Gasteiger partial charge is 0.473 e. The van der Waals surface area contributed by atoms with Crippen LogP contribution in [-0.2, 0) is 37.7 Å². The van der Waals surface area contributed by atoms with Gasteiger partial charge < -0.3 is 24.6 Å². The van der Waals surface area contributed by atoms with Crippen LogP contribution in [0, 0.1) is 0 Å². The van der Waals surface area contributed by atoms with Crippen LogP contribution in [0.25, 0.3) is 0 Å². The number of hydrogen-bond donors (Lipinski definition) is 2. The second-order valence-electron chi connectivity index (χ2n) is 8.45. The maximum atomic E-state index is 9.10. The molecule has 0 aromatic heterocycles. The van der Waals surface area contributed by atoms with E-state index in [1.54, 1.807) is 0 Å². The van der Waals surface area contributed by atoms with E-state index in [1.165, 1.54) is 54.6 Å². The summed E-state index contributed by atoms with van der Waals surface area (Å²) in [7, 11) is 0. The van der Waals surface area contributed by atoms with Crippen molar-refractivity contribution < 1.29 is 29.3 Å². The molecule has 0 radical (unpaired) electrons. The van der Waals surface area contributed by atoms with Crippen molar-refractivity contribution in [2.75, 3.05) is 26.2 Å². The third-order valence-corrected chi connectivity index (χ3v) is 6.31. The Labute approximate surface area is 187 Å². The van der Waals surface area contributed by atoms with E-state index in [-0.39, 0.29) is 6.10 Å². The number of benzene rings is 2. The van der Waals surface area contributed by atoms with E-state index in [9.17, 15) is 0 Å². The highest BCUT2D eigenvalue weighted by molar-refractivity contribution is 6.27. The third kappa shape index (κ3) is 4.70. The average Bonchev–Trinajstić information content (AvgIpc) is 3.17. The SMILES string of the molecule is O=C(O)C(=O)O.c1ccc2c(c1)CCc1ccccc1C21OCC(CN2CCCCC2)O1. The molecule has 7 nitrogen and oxygen atoms in total. The highest BCUT2D eigenvalue weighted by Gasteiger charge is 2.48. The fourth-order valence-electron chi connectivity index (χ4n) is 4.85. The number of nitrogens with zero attached hydrogens (tertiary/aromatic N) is 1. The molecule has 1 spiro atoms. The summed E-state index contributed by atoms with van der Waals surface area (Å²) >= 11 is 0. The van der Waals surface area contributed by atoms with Crippen molar-refractivity contribution in [2.24, 2.45) is 0 Å². The lowest BCUT2D eigenvalue weighted by atomic mass is 9.93. The Balaban J connectivity index is 0.000000363. The van der Waals surface area contributed by atoms with Gasteiger partial charge in [0.2, 0.25) is 5.79 Å². The van der Waals surface area contributed by atoms with Crippen LogP contribution in [0.3, 0.4) is 0 Å². The Morgan fingerprint density at radius 3 is 1.94 bits per heavy atom. The summed E-state index contributed by atoms with van der Waals surface area (Å²) in [5.74, 6) is -4.38. The van der Waals surface area contributed by atoms with E-state index in [1.807, 2.05) is 0 Å². The zero-order valence-electron chi connectivity index (χ0n) is 18.0. The van der Waals surface area contributed by atoms with Crippen LogP contribution < -0.4 is 0 Å². The lowest BCUT2D eigenvalue weighted by Crippen LogP contribution is -2.38. The number of hydrogen-bond acceptors (Lipinski definition) is 5. The molecular weight excluding hydrogens is 410 g/mol. The van der Waals surface area contributed by atoms with Crippen molar-refractivity contribution >= 4 is 11.9 Å². The number of piperidine rings is 1. The molecule has 32 heavy (non-hydrogen) atoms. The number of rotatable bonds is 2. The maximum Gasteiger partial charge on any atom is 0.414 e. The number of carboxylic acid groups (broad SMARTS) is 2. The second kappa shape index (κ2) is 9.81. The molecule has 2 aromatic carbocycles. The number of carboxylic acids is 2. The van der Waals surface area contributed by atoms with Gasteiger partial charge in [0, 0.05) is 17.7 Å². The molecule has 1 aliphatic carbocycles. The van der Waals surface area contributed by atoms with Gasteiger partial charge in [-0.05, 0) is 49.9 Å². The van der Waals surface area contributed by atoms with Crippen molar-refractivity contribution in [1.29, 1.82) is 0 Å². The van der Waals surface area contributed by atoms with Crippen molar-refractivity contribution in [1.82, 2.24) is 4.90 Å². The lowest BCUT2D eigenvalue weighted by Gasteiger charge is -2.32. The molecule has 2 aromatic rings. The third-order valence-electron chi connectivity index (χ3n) is 6.31. The van der Waals surface area contributed by atoms with Crippen molar-refractivity contribution in [2.45, 2.75) is 44.0 Å².